The summed E-state index contributed by atoms with van der Waals surface area (Å²) in [6.45, 7) is 6.91. The van der Waals surface area contributed by atoms with Crippen LogP contribution in [0.5, 0.6) is 0 Å². The molecule has 0 fully saturated rings. The molecule has 0 spiro atoms. The zero-order chi connectivity index (χ0) is 36.1. The van der Waals surface area contributed by atoms with E-state index in [1.807, 2.05) is 49.6 Å². The summed E-state index contributed by atoms with van der Waals surface area (Å²) in [5.74, 6) is 0. The lowest BCUT2D eigenvalue weighted by molar-refractivity contribution is 0.976. The zero-order valence-electron chi connectivity index (χ0n) is 30.0. The van der Waals surface area contributed by atoms with Crippen LogP contribution < -0.4 is 14.9 Å². The van der Waals surface area contributed by atoms with Gasteiger partial charge in [-0.2, -0.15) is 0 Å². The maximum atomic E-state index is 4.48. The summed E-state index contributed by atoms with van der Waals surface area (Å²) in [5, 5.41) is 4.74. The second-order valence-electron chi connectivity index (χ2n) is 13.2. The standard InChI is InChI=1S/C46H39N7/c1-33-4-10-40(11-5-33)51-32-43(36-16-24-47-25-17-36)44(37-18-26-48-27-19-37)52(41-12-6-34(2)7-13-41)53(42-14-8-35(3)9-15-42)46(39-22-30-50-31-23-39)45(51)38-20-28-49-29-21-38/h4-31H,32H2,1-3H3/b44-43+,46-45-. The molecular weight excluding hydrogens is 651 g/mol. The van der Waals surface area contributed by atoms with Crippen molar-refractivity contribution < 1.29 is 0 Å². The van der Waals surface area contributed by atoms with Crippen LogP contribution in [0.15, 0.2) is 171 Å². The molecule has 7 aromatic rings. The van der Waals surface area contributed by atoms with Gasteiger partial charge in [-0.05, 0) is 111 Å². The molecule has 0 saturated heterocycles. The first-order valence-corrected chi connectivity index (χ1v) is 17.7. The Bertz CT molecular complexity index is 2360. The van der Waals surface area contributed by atoms with Crippen LogP contribution in [0.3, 0.4) is 0 Å². The number of hydrazine groups is 1. The van der Waals surface area contributed by atoms with E-state index in [1.54, 1.807) is 0 Å². The van der Waals surface area contributed by atoms with Gasteiger partial charge in [0.15, 0.2) is 0 Å². The van der Waals surface area contributed by atoms with E-state index in [0.29, 0.717) is 6.54 Å². The fourth-order valence-corrected chi connectivity index (χ4v) is 6.83. The SMILES string of the molecule is Cc1ccc(N2C/C(c3ccncc3)=C(/c3ccncc3)N(c3ccc(C)cc3)N(c3ccc(C)cc3)/C(c3ccncc3)=C\2c2ccncc2)cc1. The van der Waals surface area contributed by atoms with E-state index in [2.05, 4.69) is 177 Å². The number of benzene rings is 3. The smallest absolute Gasteiger partial charge is 0.0953 e. The molecule has 5 heterocycles. The van der Waals surface area contributed by atoms with Crippen molar-refractivity contribution in [3.63, 3.8) is 0 Å². The average molecular weight is 690 g/mol. The first kappa shape index (κ1) is 33.3. The number of hydrogen-bond donors (Lipinski definition) is 0. The maximum Gasteiger partial charge on any atom is 0.0953 e. The number of nitrogens with zero attached hydrogens (tertiary/aromatic N) is 7. The largest absolute Gasteiger partial charge is 0.335 e. The number of hydrogen-bond acceptors (Lipinski definition) is 7. The van der Waals surface area contributed by atoms with Gasteiger partial charge in [0.05, 0.1) is 35.0 Å². The van der Waals surface area contributed by atoms with E-state index in [-0.39, 0.29) is 0 Å². The highest BCUT2D eigenvalue weighted by molar-refractivity contribution is 6.10. The van der Waals surface area contributed by atoms with Gasteiger partial charge in [0, 0.05) is 77.5 Å². The highest BCUT2D eigenvalue weighted by Gasteiger charge is 2.36. The predicted octanol–water partition coefficient (Wildman–Crippen LogP) is 10.0. The fraction of sp³-hybridized carbons (Fsp3) is 0.0870. The Hall–Kier alpha value is -6.86. The van der Waals surface area contributed by atoms with Gasteiger partial charge in [0.1, 0.15) is 0 Å². The predicted molar refractivity (Wildman–Crippen MR) is 216 cm³/mol. The molecule has 0 N–H and O–H groups in total. The van der Waals surface area contributed by atoms with Crippen LogP contribution in [0.2, 0.25) is 0 Å². The molecule has 53 heavy (non-hydrogen) atoms. The van der Waals surface area contributed by atoms with Gasteiger partial charge < -0.3 is 4.90 Å². The number of pyridine rings is 4. The van der Waals surface area contributed by atoms with E-state index in [4.69, 9.17) is 0 Å². The molecule has 0 radical (unpaired) electrons. The van der Waals surface area contributed by atoms with Crippen molar-refractivity contribution in [2.75, 3.05) is 21.5 Å². The number of rotatable bonds is 7. The van der Waals surface area contributed by atoms with Crippen LogP contribution in [-0.4, -0.2) is 26.5 Å². The summed E-state index contributed by atoms with van der Waals surface area (Å²) in [6, 6.07) is 43.1. The van der Waals surface area contributed by atoms with Gasteiger partial charge in [0.2, 0.25) is 0 Å². The van der Waals surface area contributed by atoms with Crippen LogP contribution in [-0.2, 0) is 0 Å². The molecule has 0 amide bonds. The summed E-state index contributed by atoms with van der Waals surface area (Å²) in [7, 11) is 0. The van der Waals surface area contributed by atoms with Crippen molar-refractivity contribution in [3.05, 3.63) is 210 Å². The Kier molecular flexibility index (Phi) is 9.28. The van der Waals surface area contributed by atoms with Crippen molar-refractivity contribution in [3.8, 4) is 0 Å². The van der Waals surface area contributed by atoms with Gasteiger partial charge in [-0.25, -0.2) is 10.0 Å². The first-order valence-electron chi connectivity index (χ1n) is 17.7. The van der Waals surface area contributed by atoms with Gasteiger partial charge >= 0.3 is 0 Å². The highest BCUT2D eigenvalue weighted by atomic mass is 15.6. The Balaban J connectivity index is 1.60. The Morgan fingerprint density at radius 3 is 1.08 bits per heavy atom. The molecule has 0 atom stereocenters. The molecule has 0 aliphatic carbocycles. The number of aromatic nitrogens is 4. The van der Waals surface area contributed by atoms with E-state index in [1.165, 1.54) is 16.7 Å². The van der Waals surface area contributed by atoms with E-state index in [0.717, 1.165) is 62.0 Å². The summed E-state index contributed by atoms with van der Waals surface area (Å²) in [4.78, 5) is 20.3. The lowest BCUT2D eigenvalue weighted by atomic mass is 9.95. The van der Waals surface area contributed by atoms with Crippen molar-refractivity contribution in [1.29, 1.82) is 0 Å². The van der Waals surface area contributed by atoms with Crippen molar-refractivity contribution >= 4 is 39.7 Å². The molecule has 7 nitrogen and oxygen atoms in total. The van der Waals surface area contributed by atoms with Gasteiger partial charge in [-0.15, -0.1) is 0 Å². The van der Waals surface area contributed by atoms with Crippen LogP contribution >= 0.6 is 0 Å². The topological polar surface area (TPSA) is 61.3 Å². The van der Waals surface area contributed by atoms with Crippen LogP contribution in [0.4, 0.5) is 17.1 Å². The Morgan fingerprint density at radius 1 is 0.340 bits per heavy atom. The third-order valence-electron chi connectivity index (χ3n) is 9.51. The summed E-state index contributed by atoms with van der Waals surface area (Å²) >= 11 is 0. The van der Waals surface area contributed by atoms with Gasteiger partial charge in [0.25, 0.3) is 0 Å². The fourth-order valence-electron chi connectivity index (χ4n) is 6.83. The second-order valence-corrected chi connectivity index (χ2v) is 13.2. The Morgan fingerprint density at radius 2 is 0.660 bits per heavy atom. The molecule has 3 aromatic carbocycles. The summed E-state index contributed by atoms with van der Waals surface area (Å²) < 4.78 is 0. The monoisotopic (exact) mass is 689 g/mol. The van der Waals surface area contributed by atoms with Crippen LogP contribution in [0.1, 0.15) is 38.9 Å². The van der Waals surface area contributed by atoms with Gasteiger partial charge in [-0.1, -0.05) is 53.1 Å². The minimum Gasteiger partial charge on any atom is -0.335 e. The zero-order valence-corrected chi connectivity index (χ0v) is 30.0. The van der Waals surface area contributed by atoms with Crippen molar-refractivity contribution in [2.45, 2.75) is 20.8 Å². The lowest BCUT2D eigenvalue weighted by Gasteiger charge is -2.46. The number of aryl methyl sites for hydroxylation is 3. The van der Waals surface area contributed by atoms with E-state index < -0.39 is 0 Å². The third kappa shape index (κ3) is 6.80. The lowest BCUT2D eigenvalue weighted by Crippen LogP contribution is -2.45. The molecule has 258 valence electrons. The van der Waals surface area contributed by atoms with Crippen LogP contribution in [0, 0.1) is 20.8 Å². The number of anilines is 3. The molecule has 8 rings (SSSR count). The minimum absolute atomic E-state index is 0.529. The van der Waals surface area contributed by atoms with Gasteiger partial charge in [-0.3, -0.25) is 19.9 Å². The molecule has 4 aromatic heterocycles. The van der Waals surface area contributed by atoms with E-state index >= 15 is 0 Å². The van der Waals surface area contributed by atoms with Crippen LogP contribution in [0.25, 0.3) is 22.7 Å². The molecule has 7 heteroatoms. The summed E-state index contributed by atoms with van der Waals surface area (Å²) in [6.07, 6.45) is 15.0. The van der Waals surface area contributed by atoms with Crippen molar-refractivity contribution in [2.24, 2.45) is 0 Å². The molecule has 1 aliphatic rings. The molecule has 1 aliphatic heterocycles. The first-order chi connectivity index (χ1) is 26.0. The molecule has 0 bridgehead atoms. The average Bonchev–Trinajstić information content (AvgIpc) is 3.21. The van der Waals surface area contributed by atoms with Crippen molar-refractivity contribution in [1.82, 2.24) is 19.9 Å². The highest BCUT2D eigenvalue weighted by Crippen LogP contribution is 2.46. The molecule has 0 unspecified atom stereocenters. The second kappa shape index (κ2) is 14.8. The maximum absolute atomic E-state index is 4.48. The quantitative estimate of drug-likeness (QED) is 0.165. The Labute approximate surface area is 310 Å². The normalized spacial score (nSPS) is 16.3. The minimum atomic E-state index is 0.529. The van der Waals surface area contributed by atoms with E-state index in [9.17, 15) is 0 Å². The molecular formula is C46H39N7. The summed E-state index contributed by atoms with van der Waals surface area (Å²) in [5.41, 5.74) is 14.8. The molecule has 0 saturated carbocycles. The third-order valence-corrected chi connectivity index (χ3v) is 9.51.